The summed E-state index contributed by atoms with van der Waals surface area (Å²) in [5.74, 6) is 2.53. The van der Waals surface area contributed by atoms with Gasteiger partial charge >= 0.3 is 0 Å². The average Bonchev–Trinajstić information content (AvgIpc) is 3.24. The van der Waals surface area contributed by atoms with E-state index >= 15 is 0 Å². The maximum atomic E-state index is 13.1. The quantitative estimate of drug-likeness (QED) is 0.746. The summed E-state index contributed by atoms with van der Waals surface area (Å²) in [4.78, 5) is 19.3. The van der Waals surface area contributed by atoms with Gasteiger partial charge in [-0.3, -0.25) is 9.78 Å². The Bertz CT molecular complexity index is 1010. The fourth-order valence-electron chi connectivity index (χ4n) is 4.29. The zero-order chi connectivity index (χ0) is 19.6. The molecule has 3 aromatic rings. The van der Waals surface area contributed by atoms with E-state index in [1.807, 2.05) is 47.5 Å². The molecule has 2 aliphatic rings. The number of pyridine rings is 1. The molecule has 0 aliphatic carbocycles. The number of nitrogens with one attached hydrogen (secondary N) is 1. The van der Waals surface area contributed by atoms with Crippen LogP contribution in [0.15, 0.2) is 48.8 Å². The summed E-state index contributed by atoms with van der Waals surface area (Å²) < 4.78 is 2.26. The molecule has 2 aromatic heterocycles. The third-order valence-electron chi connectivity index (χ3n) is 5.89. The molecule has 0 unspecified atom stereocenters. The van der Waals surface area contributed by atoms with Gasteiger partial charge in [-0.25, -0.2) is 0 Å². The highest BCUT2D eigenvalue weighted by atomic mass is 16.2. The lowest BCUT2D eigenvalue weighted by Crippen LogP contribution is -2.39. The normalized spacial score (nSPS) is 17.2. The van der Waals surface area contributed by atoms with E-state index in [1.165, 1.54) is 0 Å². The number of amides is 1. The molecule has 2 aliphatic heterocycles. The van der Waals surface area contributed by atoms with E-state index in [0.717, 1.165) is 68.3 Å². The Morgan fingerprint density at radius 2 is 1.83 bits per heavy atom. The monoisotopic (exact) mass is 388 g/mol. The number of benzene rings is 1. The molecular weight excluding hydrogens is 364 g/mol. The highest BCUT2D eigenvalue weighted by Gasteiger charge is 2.29. The predicted molar refractivity (Wildman–Crippen MR) is 109 cm³/mol. The number of carbonyl (C=O) groups is 1. The van der Waals surface area contributed by atoms with Crippen LogP contribution in [-0.2, 0) is 13.1 Å². The fraction of sp³-hybridized carbons (Fsp3) is 0.364. The summed E-state index contributed by atoms with van der Waals surface area (Å²) in [6, 6.07) is 12.0. The molecule has 0 radical (unpaired) electrons. The SMILES string of the molecule is O=C(c1cncc(-c2ccccc2)c1)N1CCC(c2nnc3n2CCNC3)CC1. The minimum absolute atomic E-state index is 0.0567. The number of likely N-dealkylation sites (tertiary alicyclic amines) is 1. The maximum Gasteiger partial charge on any atom is 0.255 e. The van der Waals surface area contributed by atoms with Crippen LogP contribution in [0.4, 0.5) is 0 Å². The van der Waals surface area contributed by atoms with Gasteiger partial charge in [0.25, 0.3) is 5.91 Å². The Morgan fingerprint density at radius 3 is 2.66 bits per heavy atom. The molecule has 29 heavy (non-hydrogen) atoms. The lowest BCUT2D eigenvalue weighted by Gasteiger charge is -2.32. The minimum atomic E-state index is 0.0567. The Kier molecular flexibility index (Phi) is 4.81. The lowest BCUT2D eigenvalue weighted by molar-refractivity contribution is 0.0709. The highest BCUT2D eigenvalue weighted by molar-refractivity contribution is 5.95. The molecule has 148 valence electrons. The second-order valence-electron chi connectivity index (χ2n) is 7.70. The number of aromatic nitrogens is 4. The van der Waals surface area contributed by atoms with Crippen LogP contribution >= 0.6 is 0 Å². The van der Waals surface area contributed by atoms with Gasteiger partial charge in [0, 0.05) is 50.1 Å². The summed E-state index contributed by atoms with van der Waals surface area (Å²) in [5.41, 5.74) is 2.69. The first-order chi connectivity index (χ1) is 14.3. The first-order valence-corrected chi connectivity index (χ1v) is 10.2. The molecule has 0 saturated carbocycles. The van der Waals surface area contributed by atoms with Crippen LogP contribution in [0.1, 0.15) is 40.8 Å². The van der Waals surface area contributed by atoms with Crippen LogP contribution in [0.5, 0.6) is 0 Å². The van der Waals surface area contributed by atoms with Crippen LogP contribution in [0.2, 0.25) is 0 Å². The largest absolute Gasteiger partial charge is 0.339 e. The zero-order valence-corrected chi connectivity index (χ0v) is 16.3. The van der Waals surface area contributed by atoms with Crippen LogP contribution in [0, 0.1) is 0 Å². The van der Waals surface area contributed by atoms with Crippen LogP contribution in [0.3, 0.4) is 0 Å². The molecule has 0 bridgehead atoms. The van der Waals surface area contributed by atoms with Gasteiger partial charge in [0.05, 0.1) is 12.1 Å². The number of nitrogens with zero attached hydrogens (tertiary/aromatic N) is 5. The molecule has 5 rings (SSSR count). The Labute approximate surface area is 169 Å². The Hall–Kier alpha value is -3.06. The summed E-state index contributed by atoms with van der Waals surface area (Å²) in [6.07, 6.45) is 5.32. The fourth-order valence-corrected chi connectivity index (χ4v) is 4.29. The third-order valence-corrected chi connectivity index (χ3v) is 5.89. The summed E-state index contributed by atoms with van der Waals surface area (Å²) >= 11 is 0. The van der Waals surface area contributed by atoms with E-state index in [4.69, 9.17) is 0 Å². The standard InChI is InChI=1S/C22H24N6O/c29-22(19-12-18(13-24-14-19)16-4-2-1-3-5-16)27-9-6-17(7-10-27)21-26-25-20-15-23-8-11-28(20)21/h1-5,12-14,17,23H,6-11,15H2. The van der Waals surface area contributed by atoms with Crippen molar-refractivity contribution in [1.29, 1.82) is 0 Å². The molecule has 0 spiro atoms. The van der Waals surface area contributed by atoms with Gasteiger partial charge < -0.3 is 14.8 Å². The highest BCUT2D eigenvalue weighted by Crippen LogP contribution is 2.29. The first kappa shape index (κ1) is 18.0. The molecular formula is C22H24N6O. The topological polar surface area (TPSA) is 75.9 Å². The maximum absolute atomic E-state index is 13.1. The zero-order valence-electron chi connectivity index (χ0n) is 16.3. The number of piperidine rings is 1. The van der Waals surface area contributed by atoms with Crippen molar-refractivity contribution in [3.63, 3.8) is 0 Å². The number of hydrogen-bond donors (Lipinski definition) is 1. The molecule has 7 heteroatoms. The van der Waals surface area contributed by atoms with Crippen molar-refractivity contribution in [3.05, 3.63) is 66.0 Å². The van der Waals surface area contributed by atoms with Gasteiger partial charge in [-0.1, -0.05) is 30.3 Å². The second kappa shape index (κ2) is 7.75. The molecule has 0 atom stereocenters. The van der Waals surface area contributed by atoms with Gasteiger partial charge in [-0.2, -0.15) is 0 Å². The molecule has 1 N–H and O–H groups in total. The molecule has 1 aromatic carbocycles. The van der Waals surface area contributed by atoms with Crippen molar-refractivity contribution in [2.45, 2.75) is 31.8 Å². The van der Waals surface area contributed by atoms with E-state index < -0.39 is 0 Å². The molecule has 1 amide bonds. The van der Waals surface area contributed by atoms with Crippen molar-refractivity contribution < 1.29 is 4.79 Å². The van der Waals surface area contributed by atoms with Crippen molar-refractivity contribution in [2.75, 3.05) is 19.6 Å². The Balaban J connectivity index is 1.28. The lowest BCUT2D eigenvalue weighted by atomic mass is 9.95. The van der Waals surface area contributed by atoms with Crippen LogP contribution in [0.25, 0.3) is 11.1 Å². The number of fused-ring (bicyclic) bond motifs is 1. The van der Waals surface area contributed by atoms with Crippen molar-refractivity contribution >= 4 is 5.91 Å². The minimum Gasteiger partial charge on any atom is -0.339 e. The molecule has 1 saturated heterocycles. The van der Waals surface area contributed by atoms with Gasteiger partial charge in [0.2, 0.25) is 0 Å². The van der Waals surface area contributed by atoms with E-state index in [9.17, 15) is 4.79 Å². The van der Waals surface area contributed by atoms with E-state index in [-0.39, 0.29) is 5.91 Å². The average molecular weight is 388 g/mol. The van der Waals surface area contributed by atoms with Crippen molar-refractivity contribution in [3.8, 4) is 11.1 Å². The second-order valence-corrected chi connectivity index (χ2v) is 7.70. The number of hydrogen-bond acceptors (Lipinski definition) is 5. The van der Waals surface area contributed by atoms with Crippen LogP contribution < -0.4 is 5.32 Å². The van der Waals surface area contributed by atoms with Gasteiger partial charge in [0.15, 0.2) is 0 Å². The first-order valence-electron chi connectivity index (χ1n) is 10.2. The number of rotatable bonds is 3. The summed E-state index contributed by atoms with van der Waals surface area (Å²) in [7, 11) is 0. The number of carbonyl (C=O) groups excluding carboxylic acids is 1. The van der Waals surface area contributed by atoms with E-state index in [2.05, 4.69) is 25.1 Å². The van der Waals surface area contributed by atoms with Gasteiger partial charge in [-0.05, 0) is 24.5 Å². The molecule has 7 nitrogen and oxygen atoms in total. The van der Waals surface area contributed by atoms with Crippen LogP contribution in [-0.4, -0.2) is 50.2 Å². The summed E-state index contributed by atoms with van der Waals surface area (Å²) in [5, 5.41) is 12.1. The van der Waals surface area contributed by atoms with Gasteiger partial charge in [0.1, 0.15) is 11.6 Å². The summed E-state index contributed by atoms with van der Waals surface area (Å²) in [6.45, 7) is 4.14. The third kappa shape index (κ3) is 3.53. The smallest absolute Gasteiger partial charge is 0.255 e. The van der Waals surface area contributed by atoms with Gasteiger partial charge in [-0.15, -0.1) is 10.2 Å². The molecule has 4 heterocycles. The van der Waals surface area contributed by atoms with E-state index in [1.54, 1.807) is 6.20 Å². The predicted octanol–water partition coefficient (Wildman–Crippen LogP) is 2.46. The van der Waals surface area contributed by atoms with Crippen molar-refractivity contribution in [2.24, 2.45) is 0 Å². The Morgan fingerprint density at radius 1 is 1.00 bits per heavy atom. The molecule has 1 fully saturated rings. The van der Waals surface area contributed by atoms with Crippen molar-refractivity contribution in [1.82, 2.24) is 30.0 Å². The van der Waals surface area contributed by atoms with E-state index in [0.29, 0.717) is 11.5 Å².